The van der Waals surface area contributed by atoms with Crippen LogP contribution in [0, 0.1) is 10.1 Å². The van der Waals surface area contributed by atoms with E-state index in [0.717, 1.165) is 0 Å². The Morgan fingerprint density at radius 2 is 1.95 bits per heavy atom. The number of aromatic hydroxyl groups is 1. The van der Waals surface area contributed by atoms with Crippen molar-refractivity contribution in [3.05, 3.63) is 64.7 Å². The highest BCUT2D eigenvalue weighted by atomic mass is 16.6. The number of nitro groups is 1. The maximum atomic E-state index is 10.7. The van der Waals surface area contributed by atoms with E-state index in [0.29, 0.717) is 22.5 Å². The van der Waals surface area contributed by atoms with E-state index >= 15 is 0 Å². The van der Waals surface area contributed by atoms with Crippen LogP contribution in [0.2, 0.25) is 0 Å². The summed E-state index contributed by atoms with van der Waals surface area (Å²) in [5.74, 6) is 0.912. The molecular formula is C15H10N2O4. The lowest BCUT2D eigenvalue weighted by atomic mass is 10.2. The highest BCUT2D eigenvalue weighted by Crippen LogP contribution is 2.26. The second-order valence-electron chi connectivity index (χ2n) is 4.38. The summed E-state index contributed by atoms with van der Waals surface area (Å²) in [7, 11) is 0. The van der Waals surface area contributed by atoms with E-state index in [-0.39, 0.29) is 11.4 Å². The molecule has 1 heterocycles. The van der Waals surface area contributed by atoms with Gasteiger partial charge in [-0.15, -0.1) is 0 Å². The predicted octanol–water partition coefficient (Wildman–Crippen LogP) is 3.64. The second-order valence-corrected chi connectivity index (χ2v) is 4.38. The number of rotatable bonds is 3. The van der Waals surface area contributed by atoms with Crippen molar-refractivity contribution in [1.82, 2.24) is 4.98 Å². The van der Waals surface area contributed by atoms with Crippen LogP contribution in [0.25, 0.3) is 10.9 Å². The largest absolute Gasteiger partial charge is 0.508 e. The van der Waals surface area contributed by atoms with Crippen LogP contribution in [0.3, 0.4) is 0 Å². The van der Waals surface area contributed by atoms with Crippen molar-refractivity contribution in [2.45, 2.75) is 0 Å². The third-order valence-electron chi connectivity index (χ3n) is 2.90. The maximum absolute atomic E-state index is 10.7. The number of phenolic OH excluding ortho intramolecular Hbond substituents is 1. The van der Waals surface area contributed by atoms with Gasteiger partial charge < -0.3 is 9.84 Å². The van der Waals surface area contributed by atoms with Gasteiger partial charge in [0.1, 0.15) is 11.5 Å². The van der Waals surface area contributed by atoms with Crippen molar-refractivity contribution < 1.29 is 14.8 Å². The topological polar surface area (TPSA) is 85.5 Å². The van der Waals surface area contributed by atoms with Crippen LogP contribution in [0.4, 0.5) is 5.69 Å². The summed E-state index contributed by atoms with van der Waals surface area (Å²) in [5.41, 5.74) is 0.615. The van der Waals surface area contributed by atoms with Crippen LogP contribution in [-0.2, 0) is 0 Å². The molecule has 0 amide bonds. The van der Waals surface area contributed by atoms with Crippen molar-refractivity contribution in [2.24, 2.45) is 0 Å². The van der Waals surface area contributed by atoms with E-state index in [2.05, 4.69) is 4.98 Å². The standard InChI is InChI=1S/C15H10N2O4/c18-12-2-1-3-13(9-12)21-15-7-4-10-8-11(17(19)20)5-6-14(10)16-15/h1-9,18H. The van der Waals surface area contributed by atoms with Crippen LogP contribution in [0.1, 0.15) is 0 Å². The maximum Gasteiger partial charge on any atom is 0.270 e. The SMILES string of the molecule is O=[N+]([O-])c1ccc2nc(Oc3cccc(O)c3)ccc2c1. The molecule has 0 aliphatic heterocycles. The summed E-state index contributed by atoms with van der Waals surface area (Å²) in [4.78, 5) is 14.5. The first-order valence-electron chi connectivity index (χ1n) is 6.14. The Labute approximate surface area is 119 Å². The predicted molar refractivity (Wildman–Crippen MR) is 76.6 cm³/mol. The van der Waals surface area contributed by atoms with Crippen molar-refractivity contribution >= 4 is 16.6 Å². The molecule has 2 aromatic carbocycles. The summed E-state index contributed by atoms with van der Waals surface area (Å²) in [5, 5.41) is 20.8. The monoisotopic (exact) mass is 282 g/mol. The minimum absolute atomic E-state index is 0.0194. The van der Waals surface area contributed by atoms with Crippen LogP contribution in [0.5, 0.6) is 17.4 Å². The molecule has 0 atom stereocenters. The van der Waals surface area contributed by atoms with Crippen molar-refractivity contribution in [2.75, 3.05) is 0 Å². The molecule has 0 aliphatic carbocycles. The molecule has 21 heavy (non-hydrogen) atoms. The Bertz CT molecular complexity index is 833. The average Bonchev–Trinajstić information content (AvgIpc) is 2.46. The Morgan fingerprint density at radius 3 is 2.71 bits per heavy atom. The highest BCUT2D eigenvalue weighted by molar-refractivity contribution is 5.81. The molecule has 0 bridgehead atoms. The fourth-order valence-corrected chi connectivity index (χ4v) is 1.93. The van der Waals surface area contributed by atoms with Crippen LogP contribution >= 0.6 is 0 Å². The number of hydrogen-bond donors (Lipinski definition) is 1. The minimum atomic E-state index is -0.448. The number of nitro benzene ring substituents is 1. The first-order chi connectivity index (χ1) is 10.1. The lowest BCUT2D eigenvalue weighted by Crippen LogP contribution is -1.90. The smallest absolute Gasteiger partial charge is 0.270 e. The Kier molecular flexibility index (Phi) is 3.12. The second kappa shape index (κ2) is 5.09. The number of pyridine rings is 1. The van der Waals surface area contributed by atoms with Gasteiger partial charge in [0.05, 0.1) is 10.4 Å². The Morgan fingerprint density at radius 1 is 1.10 bits per heavy atom. The molecule has 1 N–H and O–H groups in total. The van der Waals surface area contributed by atoms with Gasteiger partial charge in [-0.2, -0.15) is 0 Å². The molecule has 3 rings (SSSR count). The third kappa shape index (κ3) is 2.74. The first-order valence-corrected chi connectivity index (χ1v) is 6.14. The molecule has 6 heteroatoms. The van der Waals surface area contributed by atoms with Crippen molar-refractivity contribution in [3.8, 4) is 17.4 Å². The summed E-state index contributed by atoms with van der Waals surface area (Å²) in [6.07, 6.45) is 0. The zero-order valence-corrected chi connectivity index (χ0v) is 10.8. The third-order valence-corrected chi connectivity index (χ3v) is 2.90. The molecule has 0 radical (unpaired) electrons. The minimum Gasteiger partial charge on any atom is -0.508 e. The van der Waals surface area contributed by atoms with Gasteiger partial charge in [0.25, 0.3) is 5.69 Å². The normalized spacial score (nSPS) is 10.5. The molecule has 0 spiro atoms. The molecule has 3 aromatic rings. The summed E-state index contributed by atoms with van der Waals surface area (Å²) >= 11 is 0. The molecule has 1 aromatic heterocycles. The Hall–Kier alpha value is -3.15. The van der Waals surface area contributed by atoms with Gasteiger partial charge in [0, 0.05) is 29.7 Å². The van der Waals surface area contributed by atoms with E-state index in [9.17, 15) is 15.2 Å². The average molecular weight is 282 g/mol. The molecule has 0 aliphatic rings. The van der Waals surface area contributed by atoms with Gasteiger partial charge in [0.2, 0.25) is 5.88 Å². The van der Waals surface area contributed by atoms with Gasteiger partial charge in [-0.1, -0.05) is 6.07 Å². The highest BCUT2D eigenvalue weighted by Gasteiger charge is 2.08. The van der Waals surface area contributed by atoms with E-state index in [1.165, 1.54) is 18.2 Å². The first kappa shape index (κ1) is 12.9. The number of benzene rings is 2. The number of fused-ring (bicyclic) bond motifs is 1. The number of non-ortho nitro benzene ring substituents is 1. The summed E-state index contributed by atoms with van der Waals surface area (Å²) in [6, 6.07) is 14.1. The lowest BCUT2D eigenvalue weighted by Gasteiger charge is -2.06. The van der Waals surface area contributed by atoms with Gasteiger partial charge >= 0.3 is 0 Å². The fraction of sp³-hybridized carbons (Fsp3) is 0. The van der Waals surface area contributed by atoms with E-state index in [4.69, 9.17) is 4.74 Å². The number of hydrogen-bond acceptors (Lipinski definition) is 5. The molecule has 0 saturated heterocycles. The molecule has 6 nitrogen and oxygen atoms in total. The zero-order valence-electron chi connectivity index (χ0n) is 10.8. The molecule has 104 valence electrons. The number of nitrogens with zero attached hydrogens (tertiary/aromatic N) is 2. The fourth-order valence-electron chi connectivity index (χ4n) is 1.93. The lowest BCUT2D eigenvalue weighted by molar-refractivity contribution is -0.384. The molecular weight excluding hydrogens is 272 g/mol. The zero-order chi connectivity index (χ0) is 14.8. The number of ether oxygens (including phenoxy) is 1. The number of aromatic nitrogens is 1. The Balaban J connectivity index is 1.94. The van der Waals surface area contributed by atoms with Gasteiger partial charge in [-0.3, -0.25) is 10.1 Å². The molecule has 0 saturated carbocycles. The van der Waals surface area contributed by atoms with Crippen LogP contribution in [0.15, 0.2) is 54.6 Å². The molecule has 0 unspecified atom stereocenters. The quantitative estimate of drug-likeness (QED) is 0.585. The van der Waals surface area contributed by atoms with E-state index in [1.54, 1.807) is 36.4 Å². The number of phenols is 1. The van der Waals surface area contributed by atoms with E-state index in [1.807, 2.05) is 0 Å². The van der Waals surface area contributed by atoms with Gasteiger partial charge in [-0.25, -0.2) is 4.98 Å². The summed E-state index contributed by atoms with van der Waals surface area (Å²) < 4.78 is 5.54. The summed E-state index contributed by atoms with van der Waals surface area (Å²) in [6.45, 7) is 0. The van der Waals surface area contributed by atoms with Crippen LogP contribution in [-0.4, -0.2) is 15.0 Å². The van der Waals surface area contributed by atoms with E-state index < -0.39 is 4.92 Å². The molecule has 0 fully saturated rings. The van der Waals surface area contributed by atoms with Crippen molar-refractivity contribution in [1.29, 1.82) is 0 Å². The van der Waals surface area contributed by atoms with Crippen molar-refractivity contribution in [3.63, 3.8) is 0 Å². The van der Waals surface area contributed by atoms with Gasteiger partial charge in [0.15, 0.2) is 0 Å². The van der Waals surface area contributed by atoms with Gasteiger partial charge in [-0.05, 0) is 24.3 Å². The van der Waals surface area contributed by atoms with Crippen LogP contribution < -0.4 is 4.74 Å².